The minimum Gasteiger partial charge on any atom is -0.293 e. The Morgan fingerprint density at radius 2 is 2.27 bits per heavy atom. The van der Waals surface area contributed by atoms with Crippen molar-refractivity contribution in [3.63, 3.8) is 0 Å². The van der Waals surface area contributed by atoms with Gasteiger partial charge in [-0.25, -0.2) is 4.39 Å². The summed E-state index contributed by atoms with van der Waals surface area (Å²) >= 11 is 1.69. The summed E-state index contributed by atoms with van der Waals surface area (Å²) in [5.41, 5.74) is 1.33. The van der Waals surface area contributed by atoms with Crippen molar-refractivity contribution in [1.82, 2.24) is 0 Å². The van der Waals surface area contributed by atoms with Crippen LogP contribution in [0.4, 0.5) is 4.39 Å². The number of ketones is 1. The molecule has 1 aromatic rings. The third-order valence-corrected chi connectivity index (χ3v) is 3.93. The van der Waals surface area contributed by atoms with Crippen LogP contribution in [0.1, 0.15) is 28.8 Å². The van der Waals surface area contributed by atoms with Crippen molar-refractivity contribution in [2.75, 3.05) is 5.75 Å². The zero-order valence-electron chi connectivity index (χ0n) is 8.63. The van der Waals surface area contributed by atoms with E-state index in [1.807, 2.05) is 6.92 Å². The van der Waals surface area contributed by atoms with Gasteiger partial charge in [-0.1, -0.05) is 0 Å². The summed E-state index contributed by atoms with van der Waals surface area (Å²) in [6, 6.07) is 4.55. The lowest BCUT2D eigenvalue weighted by molar-refractivity contribution is 0.0988. The van der Waals surface area contributed by atoms with Gasteiger partial charge in [-0.15, -0.1) is 0 Å². The number of thioether (sulfide) groups is 1. The summed E-state index contributed by atoms with van der Waals surface area (Å²) in [6.07, 6.45) is 2.02. The molecule has 15 heavy (non-hydrogen) atoms. The normalized spacial score (nSPS) is 20.5. The number of carbonyl (C=O) groups excluding carboxylic acids is 1. The number of rotatable bonds is 2. The Morgan fingerprint density at radius 3 is 2.87 bits per heavy atom. The highest BCUT2D eigenvalue weighted by atomic mass is 32.2. The molecule has 1 fully saturated rings. The molecule has 1 saturated heterocycles. The summed E-state index contributed by atoms with van der Waals surface area (Å²) in [5.74, 6) is 0.812. The van der Waals surface area contributed by atoms with Crippen LogP contribution in [0.2, 0.25) is 0 Å². The predicted octanol–water partition coefficient (Wildman–Crippen LogP) is 3.21. The lowest BCUT2D eigenvalue weighted by Gasteiger charge is -2.08. The van der Waals surface area contributed by atoms with E-state index in [2.05, 4.69) is 0 Å². The molecule has 1 atom stereocenters. The Balaban J connectivity index is 2.24. The highest BCUT2D eigenvalue weighted by molar-refractivity contribution is 8.00. The van der Waals surface area contributed by atoms with Crippen molar-refractivity contribution < 1.29 is 9.18 Å². The molecule has 0 aromatic heterocycles. The van der Waals surface area contributed by atoms with Gasteiger partial charge in [-0.05, 0) is 49.3 Å². The largest absolute Gasteiger partial charge is 0.293 e. The van der Waals surface area contributed by atoms with E-state index in [4.69, 9.17) is 0 Å². The number of Topliss-reactive ketones (excluding diaryl/α,β-unsaturated/α-hetero) is 1. The van der Waals surface area contributed by atoms with Crippen molar-refractivity contribution in [2.45, 2.75) is 25.0 Å². The molecule has 0 N–H and O–H groups in total. The highest BCUT2D eigenvalue weighted by Crippen LogP contribution is 2.29. The van der Waals surface area contributed by atoms with Gasteiger partial charge in [0.15, 0.2) is 5.78 Å². The third-order valence-electron chi connectivity index (χ3n) is 2.55. The molecule has 80 valence electrons. The van der Waals surface area contributed by atoms with E-state index in [1.54, 1.807) is 17.8 Å². The fraction of sp³-hybridized carbons (Fsp3) is 0.417. The quantitative estimate of drug-likeness (QED) is 0.717. The minimum atomic E-state index is -0.318. The first-order valence-corrected chi connectivity index (χ1v) is 6.15. The molecule has 0 amide bonds. The summed E-state index contributed by atoms with van der Waals surface area (Å²) < 4.78 is 13.1. The van der Waals surface area contributed by atoms with E-state index in [9.17, 15) is 9.18 Å². The van der Waals surface area contributed by atoms with Gasteiger partial charge in [0.2, 0.25) is 0 Å². The molecule has 0 saturated carbocycles. The van der Waals surface area contributed by atoms with Crippen molar-refractivity contribution in [3.05, 3.63) is 35.1 Å². The van der Waals surface area contributed by atoms with E-state index < -0.39 is 0 Å². The monoisotopic (exact) mass is 224 g/mol. The van der Waals surface area contributed by atoms with Crippen LogP contribution >= 0.6 is 11.8 Å². The lowest BCUT2D eigenvalue weighted by atomic mass is 10.0. The number of hydrogen-bond acceptors (Lipinski definition) is 2. The van der Waals surface area contributed by atoms with E-state index >= 15 is 0 Å². The van der Waals surface area contributed by atoms with Gasteiger partial charge >= 0.3 is 0 Å². The molecule has 0 radical (unpaired) electrons. The number of benzene rings is 1. The van der Waals surface area contributed by atoms with Crippen molar-refractivity contribution >= 4 is 17.5 Å². The van der Waals surface area contributed by atoms with E-state index in [0.717, 1.165) is 24.2 Å². The Morgan fingerprint density at radius 1 is 1.47 bits per heavy atom. The first-order valence-electron chi connectivity index (χ1n) is 5.10. The van der Waals surface area contributed by atoms with Gasteiger partial charge in [0.05, 0.1) is 5.25 Å². The molecular weight excluding hydrogens is 211 g/mol. The molecule has 0 spiro atoms. The topological polar surface area (TPSA) is 17.1 Å². The van der Waals surface area contributed by atoms with E-state index in [0.29, 0.717) is 5.56 Å². The molecule has 1 nitrogen and oxygen atoms in total. The van der Waals surface area contributed by atoms with Crippen LogP contribution < -0.4 is 0 Å². The number of carbonyl (C=O) groups is 1. The van der Waals surface area contributed by atoms with Crippen molar-refractivity contribution in [3.8, 4) is 0 Å². The molecular formula is C12H13FOS. The fourth-order valence-electron chi connectivity index (χ4n) is 1.85. The van der Waals surface area contributed by atoms with Crippen LogP contribution in [-0.4, -0.2) is 16.8 Å². The molecule has 1 aliphatic rings. The second kappa shape index (κ2) is 4.35. The predicted molar refractivity (Wildman–Crippen MR) is 60.9 cm³/mol. The second-order valence-electron chi connectivity index (χ2n) is 3.88. The summed E-state index contributed by atoms with van der Waals surface area (Å²) in [7, 11) is 0. The summed E-state index contributed by atoms with van der Waals surface area (Å²) in [5, 5.41) is 0.0474. The molecule has 0 aliphatic carbocycles. The van der Waals surface area contributed by atoms with Gasteiger partial charge in [0.1, 0.15) is 5.82 Å². The molecule has 3 heteroatoms. The van der Waals surface area contributed by atoms with Gasteiger partial charge in [-0.2, -0.15) is 11.8 Å². The molecule has 1 heterocycles. The average Bonchev–Trinajstić information content (AvgIpc) is 2.67. The molecule has 2 rings (SSSR count). The van der Waals surface area contributed by atoms with Crippen molar-refractivity contribution in [1.29, 1.82) is 0 Å². The Labute approximate surface area is 93.1 Å². The Kier molecular flexibility index (Phi) is 3.10. The maximum atomic E-state index is 13.1. The van der Waals surface area contributed by atoms with Gasteiger partial charge in [0.25, 0.3) is 0 Å². The van der Waals surface area contributed by atoms with Crippen LogP contribution in [0.25, 0.3) is 0 Å². The van der Waals surface area contributed by atoms with Crippen LogP contribution in [0.3, 0.4) is 0 Å². The van der Waals surface area contributed by atoms with Gasteiger partial charge < -0.3 is 0 Å². The molecule has 1 unspecified atom stereocenters. The molecule has 1 aliphatic heterocycles. The van der Waals surface area contributed by atoms with Gasteiger partial charge in [-0.3, -0.25) is 4.79 Å². The number of aryl methyl sites for hydroxylation is 1. The zero-order valence-corrected chi connectivity index (χ0v) is 9.44. The third kappa shape index (κ3) is 2.40. The zero-order chi connectivity index (χ0) is 10.8. The second-order valence-corrected chi connectivity index (χ2v) is 5.19. The summed E-state index contributed by atoms with van der Waals surface area (Å²) in [6.45, 7) is 1.81. The van der Waals surface area contributed by atoms with Crippen LogP contribution in [0.5, 0.6) is 0 Å². The maximum Gasteiger partial charge on any atom is 0.175 e. The first-order chi connectivity index (χ1) is 7.16. The van der Waals surface area contributed by atoms with E-state index in [1.165, 1.54) is 12.1 Å². The Hall–Kier alpha value is -0.830. The standard InChI is InChI=1S/C12H13FOS/c1-8-5-9(7-10(13)6-8)12(14)11-3-2-4-15-11/h5-7,11H,2-4H2,1H3. The van der Waals surface area contributed by atoms with Crippen LogP contribution in [-0.2, 0) is 0 Å². The summed E-state index contributed by atoms with van der Waals surface area (Å²) in [4.78, 5) is 12.0. The smallest absolute Gasteiger partial charge is 0.175 e. The molecule has 1 aromatic carbocycles. The van der Waals surface area contributed by atoms with Crippen LogP contribution in [0.15, 0.2) is 18.2 Å². The fourth-order valence-corrected chi connectivity index (χ4v) is 3.09. The SMILES string of the molecule is Cc1cc(F)cc(C(=O)C2CCCS2)c1. The van der Waals surface area contributed by atoms with Crippen molar-refractivity contribution in [2.24, 2.45) is 0 Å². The van der Waals surface area contributed by atoms with Crippen LogP contribution in [0, 0.1) is 12.7 Å². The highest BCUT2D eigenvalue weighted by Gasteiger charge is 2.24. The number of halogens is 1. The first kappa shape index (κ1) is 10.7. The average molecular weight is 224 g/mol. The Bertz CT molecular complexity index is 363. The number of hydrogen-bond donors (Lipinski definition) is 0. The lowest BCUT2D eigenvalue weighted by Crippen LogP contribution is -2.14. The van der Waals surface area contributed by atoms with E-state index in [-0.39, 0.29) is 16.9 Å². The maximum absolute atomic E-state index is 13.1. The molecule has 0 bridgehead atoms. The van der Waals surface area contributed by atoms with Gasteiger partial charge in [0, 0.05) is 5.56 Å². The minimum absolute atomic E-state index is 0.0474.